The van der Waals surface area contributed by atoms with Gasteiger partial charge in [0.25, 0.3) is 11.6 Å². The summed E-state index contributed by atoms with van der Waals surface area (Å²) in [4.78, 5) is 37.1. The minimum absolute atomic E-state index is 0.0614. The van der Waals surface area contributed by atoms with E-state index >= 15 is 0 Å². The fourth-order valence-corrected chi connectivity index (χ4v) is 3.96. The van der Waals surface area contributed by atoms with Gasteiger partial charge in [-0.1, -0.05) is 26.0 Å². The number of hydrogen-bond donors (Lipinski definition) is 1. The molecule has 8 heteroatoms. The lowest BCUT2D eigenvalue weighted by Crippen LogP contribution is -2.26. The van der Waals surface area contributed by atoms with Gasteiger partial charge in [-0.3, -0.25) is 19.7 Å². The van der Waals surface area contributed by atoms with Gasteiger partial charge in [0, 0.05) is 30.8 Å². The first kappa shape index (κ1) is 22.4. The van der Waals surface area contributed by atoms with E-state index in [1.807, 2.05) is 0 Å². The molecule has 2 aromatic carbocycles. The van der Waals surface area contributed by atoms with Gasteiger partial charge in [-0.15, -0.1) is 11.8 Å². The van der Waals surface area contributed by atoms with E-state index in [0.29, 0.717) is 16.4 Å². The summed E-state index contributed by atoms with van der Waals surface area (Å²) in [6.07, 6.45) is 0.954. The third kappa shape index (κ3) is 6.32. The number of carbonyl (C=O) groups is 2. The van der Waals surface area contributed by atoms with Crippen LogP contribution in [0.4, 0.5) is 5.69 Å². The van der Waals surface area contributed by atoms with Crippen molar-refractivity contribution < 1.29 is 14.5 Å². The van der Waals surface area contributed by atoms with Crippen molar-refractivity contribution in [1.82, 2.24) is 4.90 Å². The quantitative estimate of drug-likeness (QED) is 0.377. The Morgan fingerprint density at radius 1 is 1.17 bits per heavy atom. The van der Waals surface area contributed by atoms with Gasteiger partial charge < -0.3 is 10.6 Å². The lowest BCUT2D eigenvalue weighted by atomic mass is 10.1. The van der Waals surface area contributed by atoms with Crippen LogP contribution < -0.4 is 5.73 Å². The standard InChI is InChI=1S/C21H25N3O4S/c1-14(2)9-10-29-19-8-7-17(12-18(19)24(27)28)21(26)23(3)13-15-5-4-6-16(11-15)20(22)25/h4-8,11-12,14H,9-10,13H2,1-3H3,(H2,22,25). The Morgan fingerprint density at radius 2 is 1.90 bits per heavy atom. The van der Waals surface area contributed by atoms with E-state index in [9.17, 15) is 19.7 Å². The second-order valence-corrected chi connectivity index (χ2v) is 8.33. The topological polar surface area (TPSA) is 107 Å². The summed E-state index contributed by atoms with van der Waals surface area (Å²) in [6.45, 7) is 4.45. The molecule has 0 saturated carbocycles. The number of amides is 2. The van der Waals surface area contributed by atoms with Gasteiger partial charge in [0.15, 0.2) is 0 Å². The van der Waals surface area contributed by atoms with Gasteiger partial charge in [-0.2, -0.15) is 0 Å². The van der Waals surface area contributed by atoms with Crippen molar-refractivity contribution in [3.63, 3.8) is 0 Å². The van der Waals surface area contributed by atoms with Crippen molar-refractivity contribution >= 4 is 29.3 Å². The summed E-state index contributed by atoms with van der Waals surface area (Å²) in [5.74, 6) is 0.421. The molecule has 7 nitrogen and oxygen atoms in total. The molecule has 0 radical (unpaired) electrons. The normalized spacial score (nSPS) is 10.8. The fraction of sp³-hybridized carbons (Fsp3) is 0.333. The Balaban J connectivity index is 2.16. The minimum atomic E-state index is -0.540. The lowest BCUT2D eigenvalue weighted by Gasteiger charge is -2.18. The highest BCUT2D eigenvalue weighted by molar-refractivity contribution is 7.99. The summed E-state index contributed by atoms with van der Waals surface area (Å²) >= 11 is 1.43. The molecule has 2 amide bonds. The van der Waals surface area contributed by atoms with E-state index in [-0.39, 0.29) is 23.7 Å². The SMILES string of the molecule is CC(C)CCSc1ccc(C(=O)N(C)Cc2cccc(C(N)=O)c2)cc1[N+](=O)[O-]. The van der Waals surface area contributed by atoms with Crippen molar-refractivity contribution in [2.75, 3.05) is 12.8 Å². The third-order valence-electron chi connectivity index (χ3n) is 4.33. The number of nitrogens with zero attached hydrogens (tertiary/aromatic N) is 2. The number of rotatable bonds is 9. The molecule has 0 spiro atoms. The van der Waals surface area contributed by atoms with Crippen LogP contribution in [0.1, 0.15) is 46.5 Å². The van der Waals surface area contributed by atoms with Gasteiger partial charge in [-0.25, -0.2) is 0 Å². The number of thioether (sulfide) groups is 1. The van der Waals surface area contributed by atoms with Crippen molar-refractivity contribution in [2.24, 2.45) is 11.7 Å². The molecule has 0 aliphatic rings. The van der Waals surface area contributed by atoms with Gasteiger partial charge in [0.1, 0.15) is 0 Å². The fourth-order valence-electron chi connectivity index (χ4n) is 2.71. The van der Waals surface area contributed by atoms with E-state index in [1.54, 1.807) is 43.4 Å². The minimum Gasteiger partial charge on any atom is -0.366 e. The van der Waals surface area contributed by atoms with Crippen LogP contribution in [0.3, 0.4) is 0 Å². The van der Waals surface area contributed by atoms with E-state index in [0.717, 1.165) is 17.7 Å². The maximum absolute atomic E-state index is 12.8. The maximum Gasteiger partial charge on any atom is 0.283 e. The van der Waals surface area contributed by atoms with Crippen molar-refractivity contribution in [3.8, 4) is 0 Å². The van der Waals surface area contributed by atoms with Crippen molar-refractivity contribution in [2.45, 2.75) is 31.7 Å². The smallest absolute Gasteiger partial charge is 0.283 e. The Bertz CT molecular complexity index is 915. The van der Waals surface area contributed by atoms with Crippen LogP contribution in [0.15, 0.2) is 47.4 Å². The Kier molecular flexibility index (Phi) is 7.78. The number of hydrogen-bond acceptors (Lipinski definition) is 5. The lowest BCUT2D eigenvalue weighted by molar-refractivity contribution is -0.387. The number of carbonyl (C=O) groups excluding carboxylic acids is 2. The summed E-state index contributed by atoms with van der Waals surface area (Å²) in [5, 5.41) is 11.5. The number of primary amides is 1. The molecule has 154 valence electrons. The average Bonchev–Trinajstić information content (AvgIpc) is 2.67. The number of nitro benzene ring substituents is 1. The largest absolute Gasteiger partial charge is 0.366 e. The molecule has 0 aliphatic heterocycles. The van der Waals surface area contributed by atoms with Crippen LogP contribution in [0.25, 0.3) is 0 Å². The second-order valence-electron chi connectivity index (χ2n) is 7.20. The molecule has 0 aliphatic carbocycles. The van der Waals surface area contributed by atoms with E-state index in [1.165, 1.54) is 22.7 Å². The highest BCUT2D eigenvalue weighted by atomic mass is 32.2. The second kappa shape index (κ2) is 10.1. The maximum atomic E-state index is 12.8. The van der Waals surface area contributed by atoms with Crippen LogP contribution in [0.5, 0.6) is 0 Å². The summed E-state index contributed by atoms with van der Waals surface area (Å²) in [7, 11) is 1.61. The van der Waals surface area contributed by atoms with Crippen LogP contribution >= 0.6 is 11.8 Å². The molecule has 0 heterocycles. The predicted molar refractivity (Wildman–Crippen MR) is 114 cm³/mol. The van der Waals surface area contributed by atoms with E-state index in [4.69, 9.17) is 5.73 Å². The number of nitrogens with two attached hydrogens (primary N) is 1. The van der Waals surface area contributed by atoms with Gasteiger partial charge in [-0.05, 0) is 47.9 Å². The highest BCUT2D eigenvalue weighted by Crippen LogP contribution is 2.31. The van der Waals surface area contributed by atoms with Gasteiger partial charge >= 0.3 is 0 Å². The molecule has 29 heavy (non-hydrogen) atoms. The molecule has 2 aromatic rings. The van der Waals surface area contributed by atoms with E-state index in [2.05, 4.69) is 13.8 Å². The highest BCUT2D eigenvalue weighted by Gasteiger charge is 2.20. The number of nitro groups is 1. The Morgan fingerprint density at radius 3 is 2.52 bits per heavy atom. The zero-order chi connectivity index (χ0) is 21.6. The first-order chi connectivity index (χ1) is 13.7. The molecular formula is C21H25N3O4S. The molecule has 0 bridgehead atoms. The third-order valence-corrected chi connectivity index (χ3v) is 5.43. The molecule has 0 atom stereocenters. The van der Waals surface area contributed by atoms with Crippen molar-refractivity contribution in [1.29, 1.82) is 0 Å². The van der Waals surface area contributed by atoms with Crippen molar-refractivity contribution in [3.05, 3.63) is 69.3 Å². The molecule has 0 aromatic heterocycles. The monoisotopic (exact) mass is 415 g/mol. The molecular weight excluding hydrogens is 390 g/mol. The van der Waals surface area contributed by atoms with Crippen LogP contribution in [0, 0.1) is 16.0 Å². The summed E-state index contributed by atoms with van der Waals surface area (Å²) < 4.78 is 0. The first-order valence-electron chi connectivity index (χ1n) is 9.24. The molecule has 2 rings (SSSR count). The zero-order valence-corrected chi connectivity index (χ0v) is 17.6. The molecule has 0 saturated heterocycles. The van der Waals surface area contributed by atoms with Gasteiger partial charge in [0.2, 0.25) is 5.91 Å². The Hall–Kier alpha value is -2.87. The average molecular weight is 416 g/mol. The van der Waals surface area contributed by atoms with Crippen LogP contribution in [0.2, 0.25) is 0 Å². The molecule has 0 unspecified atom stereocenters. The summed E-state index contributed by atoms with van der Waals surface area (Å²) in [5.41, 5.74) is 6.58. The Labute approximate surface area is 174 Å². The molecule has 0 fully saturated rings. The van der Waals surface area contributed by atoms with Crippen LogP contribution in [-0.2, 0) is 6.54 Å². The zero-order valence-electron chi connectivity index (χ0n) is 16.8. The molecule has 2 N–H and O–H groups in total. The predicted octanol–water partition coefficient (Wildman–Crippen LogP) is 4.10. The number of benzene rings is 2. The van der Waals surface area contributed by atoms with Gasteiger partial charge in [0.05, 0.1) is 9.82 Å². The van der Waals surface area contributed by atoms with E-state index < -0.39 is 10.8 Å². The summed E-state index contributed by atoms with van der Waals surface area (Å²) in [6, 6.07) is 11.3. The first-order valence-corrected chi connectivity index (χ1v) is 10.2. The van der Waals surface area contributed by atoms with Crippen LogP contribution in [-0.4, -0.2) is 34.4 Å².